The lowest BCUT2D eigenvalue weighted by atomic mass is 9.82. The van der Waals surface area contributed by atoms with Crippen LogP contribution in [0.25, 0.3) is 0 Å². The Morgan fingerprint density at radius 2 is 1.48 bits per heavy atom. The highest BCUT2D eigenvalue weighted by atomic mass is 16.5. The van der Waals surface area contributed by atoms with Gasteiger partial charge in [-0.25, -0.2) is 0 Å². The first kappa shape index (κ1) is 15.4. The summed E-state index contributed by atoms with van der Waals surface area (Å²) in [5.74, 6) is 1.48. The van der Waals surface area contributed by atoms with Crippen molar-refractivity contribution in [3.8, 4) is 11.5 Å². The number of aryl methyl sites for hydroxylation is 2. The molecule has 0 radical (unpaired) electrons. The molecule has 0 aromatic heterocycles. The largest absolute Gasteiger partial charge is 0.497 e. The van der Waals surface area contributed by atoms with Crippen molar-refractivity contribution in [2.75, 3.05) is 14.2 Å². The van der Waals surface area contributed by atoms with Crippen molar-refractivity contribution in [2.45, 2.75) is 26.3 Å². The molecule has 1 atom stereocenters. The third kappa shape index (κ3) is 3.03. The second-order valence-corrected chi connectivity index (χ2v) is 5.62. The van der Waals surface area contributed by atoms with Gasteiger partial charge in [-0.2, -0.15) is 0 Å². The van der Waals surface area contributed by atoms with Gasteiger partial charge in [0, 0.05) is 6.07 Å². The fraction of sp³-hybridized carbons (Fsp3) is 0.333. The molecule has 0 spiro atoms. The molecule has 2 rings (SSSR count). The van der Waals surface area contributed by atoms with E-state index in [1.807, 2.05) is 25.1 Å². The number of hydrogen-bond donors (Lipinski definition) is 1. The van der Waals surface area contributed by atoms with Crippen molar-refractivity contribution in [3.63, 3.8) is 0 Å². The number of hydrogen-bond acceptors (Lipinski definition) is 3. The van der Waals surface area contributed by atoms with Crippen LogP contribution in [0.3, 0.4) is 0 Å². The van der Waals surface area contributed by atoms with Crippen LogP contribution in [0.1, 0.15) is 29.2 Å². The lowest BCUT2D eigenvalue weighted by molar-refractivity contribution is 0.391. The molecule has 0 saturated heterocycles. The Balaban J connectivity index is 2.59. The Morgan fingerprint density at radius 3 is 2.00 bits per heavy atom. The van der Waals surface area contributed by atoms with E-state index in [1.54, 1.807) is 14.2 Å². The van der Waals surface area contributed by atoms with Crippen LogP contribution in [0, 0.1) is 13.8 Å². The van der Waals surface area contributed by atoms with Gasteiger partial charge < -0.3 is 15.2 Å². The number of nitrogens with two attached hydrogens (primary N) is 1. The van der Waals surface area contributed by atoms with Crippen LogP contribution in [0.5, 0.6) is 11.5 Å². The van der Waals surface area contributed by atoms with Gasteiger partial charge in [0.15, 0.2) is 0 Å². The molecule has 0 amide bonds. The summed E-state index contributed by atoms with van der Waals surface area (Å²) < 4.78 is 10.7. The number of ether oxygens (including phenoxy) is 2. The summed E-state index contributed by atoms with van der Waals surface area (Å²) in [6.45, 7) is 6.17. The highest BCUT2D eigenvalue weighted by molar-refractivity contribution is 5.48. The predicted molar refractivity (Wildman–Crippen MR) is 86.1 cm³/mol. The fourth-order valence-electron chi connectivity index (χ4n) is 2.56. The molecule has 0 aliphatic heterocycles. The zero-order valence-corrected chi connectivity index (χ0v) is 13.4. The lowest BCUT2D eigenvalue weighted by Crippen LogP contribution is -2.35. The molecular formula is C18H23NO2. The smallest absolute Gasteiger partial charge is 0.122 e. The molecule has 1 unspecified atom stereocenters. The van der Waals surface area contributed by atoms with Gasteiger partial charge in [0.25, 0.3) is 0 Å². The molecule has 0 saturated carbocycles. The quantitative estimate of drug-likeness (QED) is 0.934. The third-order valence-electron chi connectivity index (χ3n) is 3.90. The van der Waals surface area contributed by atoms with E-state index in [1.165, 1.54) is 11.1 Å². The van der Waals surface area contributed by atoms with Crippen molar-refractivity contribution in [2.24, 2.45) is 5.73 Å². The second kappa shape index (κ2) is 5.78. The number of rotatable bonds is 4. The van der Waals surface area contributed by atoms with Gasteiger partial charge >= 0.3 is 0 Å². The molecule has 0 bridgehead atoms. The van der Waals surface area contributed by atoms with Crippen LogP contribution in [-0.4, -0.2) is 14.2 Å². The van der Waals surface area contributed by atoms with Gasteiger partial charge in [0.2, 0.25) is 0 Å². The Labute approximate surface area is 126 Å². The molecule has 0 heterocycles. The Kier molecular flexibility index (Phi) is 4.24. The Hall–Kier alpha value is -2.00. The molecule has 2 aromatic rings. The molecule has 0 aliphatic carbocycles. The van der Waals surface area contributed by atoms with Gasteiger partial charge in [-0.05, 0) is 49.6 Å². The minimum atomic E-state index is -0.613. The summed E-state index contributed by atoms with van der Waals surface area (Å²) in [4.78, 5) is 0. The SMILES string of the molecule is COc1cc(OC)cc(C(C)(N)c2cc(C)ccc2C)c1. The third-order valence-corrected chi connectivity index (χ3v) is 3.90. The molecule has 0 aliphatic rings. The van der Waals surface area contributed by atoms with Crippen molar-refractivity contribution in [1.29, 1.82) is 0 Å². The van der Waals surface area contributed by atoms with E-state index in [9.17, 15) is 0 Å². The first-order chi connectivity index (χ1) is 9.88. The van der Waals surface area contributed by atoms with Gasteiger partial charge in [-0.3, -0.25) is 0 Å². The average molecular weight is 285 g/mol. The maximum absolute atomic E-state index is 6.67. The summed E-state index contributed by atoms with van der Waals surface area (Å²) in [6, 6.07) is 12.1. The van der Waals surface area contributed by atoms with E-state index in [-0.39, 0.29) is 0 Å². The molecule has 0 fully saturated rings. The number of benzene rings is 2. The maximum Gasteiger partial charge on any atom is 0.122 e. The molecule has 21 heavy (non-hydrogen) atoms. The molecular weight excluding hydrogens is 262 g/mol. The van der Waals surface area contributed by atoms with Crippen molar-refractivity contribution in [1.82, 2.24) is 0 Å². The maximum atomic E-state index is 6.67. The van der Waals surface area contributed by atoms with E-state index in [4.69, 9.17) is 15.2 Å². The van der Waals surface area contributed by atoms with Gasteiger partial charge in [-0.1, -0.05) is 23.8 Å². The van der Waals surface area contributed by atoms with Gasteiger partial charge in [-0.15, -0.1) is 0 Å². The molecule has 3 nitrogen and oxygen atoms in total. The minimum absolute atomic E-state index is 0.613. The zero-order chi connectivity index (χ0) is 15.6. The molecule has 3 heteroatoms. The predicted octanol–water partition coefficient (Wildman–Crippen LogP) is 3.54. The van der Waals surface area contributed by atoms with E-state index in [0.29, 0.717) is 0 Å². The van der Waals surface area contributed by atoms with E-state index in [2.05, 4.69) is 32.0 Å². The van der Waals surface area contributed by atoms with Crippen LogP contribution < -0.4 is 15.2 Å². The first-order valence-corrected chi connectivity index (χ1v) is 6.98. The highest BCUT2D eigenvalue weighted by Gasteiger charge is 2.27. The Bertz CT molecular complexity index is 625. The lowest BCUT2D eigenvalue weighted by Gasteiger charge is -2.29. The van der Waals surface area contributed by atoms with E-state index >= 15 is 0 Å². The van der Waals surface area contributed by atoms with Crippen LogP contribution in [0.2, 0.25) is 0 Å². The second-order valence-electron chi connectivity index (χ2n) is 5.62. The number of methoxy groups -OCH3 is 2. The Morgan fingerprint density at radius 1 is 0.905 bits per heavy atom. The van der Waals surface area contributed by atoms with Crippen LogP contribution in [-0.2, 0) is 5.54 Å². The van der Waals surface area contributed by atoms with Gasteiger partial charge in [0.05, 0.1) is 19.8 Å². The standard InChI is InChI=1S/C18H23NO2/c1-12-6-7-13(2)17(8-12)18(3,19)14-9-15(20-4)11-16(10-14)21-5/h6-11H,19H2,1-5H3. The zero-order valence-electron chi connectivity index (χ0n) is 13.4. The summed E-state index contributed by atoms with van der Waals surface area (Å²) in [5, 5.41) is 0. The summed E-state index contributed by atoms with van der Waals surface area (Å²) in [6.07, 6.45) is 0. The molecule has 112 valence electrons. The van der Waals surface area contributed by atoms with Crippen LogP contribution in [0.4, 0.5) is 0 Å². The molecule has 2 aromatic carbocycles. The van der Waals surface area contributed by atoms with Crippen molar-refractivity contribution < 1.29 is 9.47 Å². The molecule has 2 N–H and O–H groups in total. The summed E-state index contributed by atoms with van der Waals surface area (Å²) in [5.41, 5.74) is 10.5. The van der Waals surface area contributed by atoms with E-state index < -0.39 is 5.54 Å². The average Bonchev–Trinajstić information content (AvgIpc) is 2.48. The first-order valence-electron chi connectivity index (χ1n) is 6.98. The topological polar surface area (TPSA) is 44.5 Å². The van der Waals surface area contributed by atoms with E-state index in [0.717, 1.165) is 22.6 Å². The van der Waals surface area contributed by atoms with Crippen molar-refractivity contribution >= 4 is 0 Å². The normalized spacial score (nSPS) is 13.6. The fourth-order valence-corrected chi connectivity index (χ4v) is 2.56. The van der Waals surface area contributed by atoms with Gasteiger partial charge in [0.1, 0.15) is 11.5 Å². The monoisotopic (exact) mass is 285 g/mol. The van der Waals surface area contributed by atoms with Crippen molar-refractivity contribution in [3.05, 3.63) is 58.7 Å². The minimum Gasteiger partial charge on any atom is -0.497 e. The summed E-state index contributed by atoms with van der Waals surface area (Å²) >= 11 is 0. The summed E-state index contributed by atoms with van der Waals surface area (Å²) in [7, 11) is 3.29. The van der Waals surface area contributed by atoms with Crippen LogP contribution >= 0.6 is 0 Å². The highest BCUT2D eigenvalue weighted by Crippen LogP contribution is 2.34. The van der Waals surface area contributed by atoms with Crippen LogP contribution in [0.15, 0.2) is 36.4 Å².